The number of piperazine rings is 1. The number of carbonyl (C=O) groups excluding carboxylic acids is 2. The molecule has 3 aromatic rings. The Hall–Kier alpha value is -3.16. The molecule has 0 saturated carbocycles. The number of methoxy groups -OCH3 is 1. The molecule has 2 aliphatic rings. The zero-order valence-corrected chi connectivity index (χ0v) is 20.1. The minimum absolute atomic E-state index is 0.0380. The van der Waals surface area contributed by atoms with E-state index in [9.17, 15) is 9.59 Å². The summed E-state index contributed by atoms with van der Waals surface area (Å²) in [6.07, 6.45) is 0. The first-order valence-electron chi connectivity index (χ1n) is 11.7. The Morgan fingerprint density at radius 2 is 1.71 bits per heavy atom. The SMILES string of the molecule is COCCN1C(=O)c2ccccc2[C@@H](C(=O)N2CCN(c3ccccc3)CC2)[C@@H]1c1cccs1. The average Bonchev–Trinajstić information content (AvgIpc) is 3.43. The molecule has 3 heterocycles. The van der Waals surface area contributed by atoms with Crippen molar-refractivity contribution in [2.45, 2.75) is 12.0 Å². The number of ether oxygens (including phenoxy) is 1. The third-order valence-electron chi connectivity index (χ3n) is 6.79. The predicted molar refractivity (Wildman–Crippen MR) is 134 cm³/mol. The summed E-state index contributed by atoms with van der Waals surface area (Å²) in [6, 6.07) is 21.6. The molecule has 7 heteroatoms. The van der Waals surface area contributed by atoms with E-state index >= 15 is 0 Å². The van der Waals surface area contributed by atoms with Crippen molar-refractivity contribution < 1.29 is 14.3 Å². The third kappa shape index (κ3) is 4.21. The van der Waals surface area contributed by atoms with E-state index in [0.717, 1.165) is 23.5 Å². The molecule has 176 valence electrons. The first kappa shape index (κ1) is 22.6. The number of nitrogens with zero attached hydrogens (tertiary/aromatic N) is 3. The smallest absolute Gasteiger partial charge is 0.254 e. The molecule has 6 nitrogen and oxygen atoms in total. The molecule has 0 aliphatic carbocycles. The lowest BCUT2D eigenvalue weighted by Gasteiger charge is -2.44. The molecule has 5 rings (SSSR count). The third-order valence-corrected chi connectivity index (χ3v) is 7.73. The fourth-order valence-electron chi connectivity index (χ4n) is 5.09. The number of anilines is 1. The van der Waals surface area contributed by atoms with E-state index in [1.54, 1.807) is 18.4 Å². The maximum Gasteiger partial charge on any atom is 0.254 e. The van der Waals surface area contributed by atoms with Crippen molar-refractivity contribution in [3.63, 3.8) is 0 Å². The lowest BCUT2D eigenvalue weighted by Crippen LogP contribution is -2.53. The highest BCUT2D eigenvalue weighted by Gasteiger charge is 2.46. The van der Waals surface area contributed by atoms with Crippen LogP contribution in [-0.4, -0.2) is 68.1 Å². The molecule has 0 unspecified atom stereocenters. The number of thiophene rings is 1. The van der Waals surface area contributed by atoms with Crippen molar-refractivity contribution >= 4 is 28.8 Å². The topological polar surface area (TPSA) is 53.1 Å². The number of fused-ring (bicyclic) bond motifs is 1. The first-order chi connectivity index (χ1) is 16.7. The van der Waals surface area contributed by atoms with E-state index in [-0.39, 0.29) is 17.9 Å². The summed E-state index contributed by atoms with van der Waals surface area (Å²) in [5.41, 5.74) is 2.63. The molecule has 0 spiro atoms. The van der Waals surface area contributed by atoms with Gasteiger partial charge in [-0.15, -0.1) is 11.3 Å². The fraction of sp³-hybridized carbons (Fsp3) is 0.333. The van der Waals surface area contributed by atoms with Crippen molar-refractivity contribution in [1.29, 1.82) is 0 Å². The van der Waals surface area contributed by atoms with Crippen molar-refractivity contribution in [2.75, 3.05) is 51.3 Å². The summed E-state index contributed by atoms with van der Waals surface area (Å²) < 4.78 is 5.32. The van der Waals surface area contributed by atoms with E-state index in [4.69, 9.17) is 4.74 Å². The van der Waals surface area contributed by atoms with Crippen LogP contribution in [0.25, 0.3) is 0 Å². The lowest BCUT2D eigenvalue weighted by molar-refractivity contribution is -0.135. The monoisotopic (exact) mass is 475 g/mol. The van der Waals surface area contributed by atoms with Crippen molar-refractivity contribution in [1.82, 2.24) is 9.80 Å². The maximum absolute atomic E-state index is 14.1. The molecule has 1 aromatic heterocycles. The summed E-state index contributed by atoms with van der Waals surface area (Å²) in [5.74, 6) is -0.384. The van der Waals surface area contributed by atoms with Crippen LogP contribution < -0.4 is 4.90 Å². The molecule has 1 fully saturated rings. The molecule has 0 bridgehead atoms. The number of rotatable bonds is 6. The quantitative estimate of drug-likeness (QED) is 0.540. The van der Waals surface area contributed by atoms with E-state index in [1.807, 2.05) is 69.8 Å². The van der Waals surface area contributed by atoms with Gasteiger partial charge in [-0.25, -0.2) is 0 Å². The van der Waals surface area contributed by atoms with Crippen LogP contribution in [0.1, 0.15) is 32.8 Å². The van der Waals surface area contributed by atoms with Gasteiger partial charge in [0, 0.05) is 56.0 Å². The number of amides is 2. The standard InChI is InChI=1S/C27H29N3O3S/c1-33-18-17-30-25(23-12-7-19-34-23)24(21-10-5-6-11-22(21)26(30)31)27(32)29-15-13-28(14-16-29)20-8-3-2-4-9-20/h2-12,19,24-25H,13-18H2,1H3/t24-,25+/m1/s1. The predicted octanol–water partition coefficient (Wildman–Crippen LogP) is 4.02. The number of hydrogen-bond donors (Lipinski definition) is 0. The van der Waals surface area contributed by atoms with Gasteiger partial charge in [-0.3, -0.25) is 9.59 Å². The highest BCUT2D eigenvalue weighted by Crippen LogP contribution is 2.45. The second kappa shape index (κ2) is 9.99. The second-order valence-corrected chi connectivity index (χ2v) is 9.64. The Morgan fingerprint density at radius 3 is 2.41 bits per heavy atom. The molecule has 0 N–H and O–H groups in total. The van der Waals surface area contributed by atoms with E-state index in [1.165, 1.54) is 5.69 Å². The maximum atomic E-state index is 14.1. The van der Waals surface area contributed by atoms with Gasteiger partial charge in [0.25, 0.3) is 5.91 Å². The van der Waals surface area contributed by atoms with Crippen LogP contribution in [0.5, 0.6) is 0 Å². The zero-order chi connectivity index (χ0) is 23.5. The molecule has 2 amide bonds. The van der Waals surface area contributed by atoms with E-state index in [0.29, 0.717) is 31.8 Å². The first-order valence-corrected chi connectivity index (χ1v) is 12.6. The summed E-state index contributed by atoms with van der Waals surface area (Å²) in [5, 5.41) is 2.01. The Kier molecular flexibility index (Phi) is 6.65. The Bertz CT molecular complexity index is 1130. The van der Waals surface area contributed by atoms with Crippen molar-refractivity contribution in [2.24, 2.45) is 0 Å². The van der Waals surface area contributed by atoms with Gasteiger partial charge >= 0.3 is 0 Å². The normalized spacial score (nSPS) is 20.4. The summed E-state index contributed by atoms with van der Waals surface area (Å²) >= 11 is 1.60. The van der Waals surface area contributed by atoms with Gasteiger partial charge in [0.2, 0.25) is 5.91 Å². The molecule has 2 aliphatic heterocycles. The number of benzene rings is 2. The minimum Gasteiger partial charge on any atom is -0.383 e. The average molecular weight is 476 g/mol. The van der Waals surface area contributed by atoms with Crippen LogP contribution in [-0.2, 0) is 9.53 Å². The number of carbonyl (C=O) groups is 2. The van der Waals surface area contributed by atoms with Crippen LogP contribution in [0.3, 0.4) is 0 Å². The van der Waals surface area contributed by atoms with Gasteiger partial charge in [-0.2, -0.15) is 0 Å². The largest absolute Gasteiger partial charge is 0.383 e. The van der Waals surface area contributed by atoms with Crippen molar-refractivity contribution in [3.8, 4) is 0 Å². The van der Waals surface area contributed by atoms with Gasteiger partial charge in [-0.1, -0.05) is 42.5 Å². The number of para-hydroxylation sites is 1. The highest BCUT2D eigenvalue weighted by atomic mass is 32.1. The Morgan fingerprint density at radius 1 is 0.971 bits per heavy atom. The van der Waals surface area contributed by atoms with E-state index < -0.39 is 5.92 Å². The Labute approximate surface area is 204 Å². The van der Waals surface area contributed by atoms with Crippen LogP contribution in [0, 0.1) is 0 Å². The summed E-state index contributed by atoms with van der Waals surface area (Å²) in [4.78, 5) is 34.8. The molecule has 34 heavy (non-hydrogen) atoms. The van der Waals surface area contributed by atoms with Crippen LogP contribution in [0.4, 0.5) is 5.69 Å². The highest BCUT2D eigenvalue weighted by molar-refractivity contribution is 7.10. The summed E-state index contributed by atoms with van der Waals surface area (Å²) in [7, 11) is 1.64. The van der Waals surface area contributed by atoms with Gasteiger partial charge in [0.05, 0.1) is 18.6 Å². The van der Waals surface area contributed by atoms with Gasteiger partial charge < -0.3 is 19.4 Å². The van der Waals surface area contributed by atoms with E-state index in [2.05, 4.69) is 17.0 Å². The molecule has 2 aromatic carbocycles. The second-order valence-electron chi connectivity index (χ2n) is 8.66. The molecule has 1 saturated heterocycles. The van der Waals surface area contributed by atoms with Crippen molar-refractivity contribution in [3.05, 3.63) is 88.1 Å². The molecular formula is C27H29N3O3S. The van der Waals surface area contributed by atoms with Gasteiger partial charge in [-0.05, 0) is 35.2 Å². The fourth-order valence-corrected chi connectivity index (χ4v) is 5.96. The summed E-state index contributed by atoms with van der Waals surface area (Å²) in [6.45, 7) is 3.77. The Balaban J connectivity index is 1.47. The van der Waals surface area contributed by atoms with Crippen LogP contribution in [0.2, 0.25) is 0 Å². The molecule has 0 radical (unpaired) electrons. The molecular weight excluding hydrogens is 446 g/mol. The molecule has 2 atom stereocenters. The van der Waals surface area contributed by atoms with Gasteiger partial charge in [0.1, 0.15) is 0 Å². The minimum atomic E-state index is -0.437. The zero-order valence-electron chi connectivity index (χ0n) is 19.3. The van der Waals surface area contributed by atoms with Crippen LogP contribution >= 0.6 is 11.3 Å². The number of hydrogen-bond acceptors (Lipinski definition) is 5. The lowest BCUT2D eigenvalue weighted by atomic mass is 9.81. The van der Waals surface area contributed by atoms with Crippen LogP contribution in [0.15, 0.2) is 72.1 Å². The van der Waals surface area contributed by atoms with Gasteiger partial charge in [0.15, 0.2) is 0 Å².